The van der Waals surface area contributed by atoms with Crippen molar-refractivity contribution < 1.29 is 9.18 Å². The number of carbonyl (C=O) groups excluding carboxylic acids is 1. The summed E-state index contributed by atoms with van der Waals surface area (Å²) in [6.45, 7) is 0. The molecule has 0 aromatic heterocycles. The van der Waals surface area contributed by atoms with Gasteiger partial charge in [0.05, 0.1) is 5.69 Å². The summed E-state index contributed by atoms with van der Waals surface area (Å²) in [4.78, 5) is 12.4. The monoisotopic (exact) mass is 207 g/mol. The Labute approximate surface area is 88.7 Å². The molecule has 0 saturated heterocycles. The molecule has 1 aromatic carbocycles. The molecule has 0 unspecified atom stereocenters. The topological polar surface area (TPSA) is 20.3 Å². The summed E-state index contributed by atoms with van der Waals surface area (Å²) >= 11 is 0. The van der Waals surface area contributed by atoms with Gasteiger partial charge in [0, 0.05) is 18.7 Å². The second-order valence-corrected chi connectivity index (χ2v) is 4.02. The highest BCUT2D eigenvalue weighted by atomic mass is 19.1. The van der Waals surface area contributed by atoms with Crippen molar-refractivity contribution in [2.24, 2.45) is 0 Å². The van der Waals surface area contributed by atoms with Crippen LogP contribution in [0.3, 0.4) is 0 Å². The van der Waals surface area contributed by atoms with Crippen LogP contribution < -0.4 is 4.90 Å². The quantitative estimate of drug-likeness (QED) is 0.710. The van der Waals surface area contributed by atoms with Crippen molar-refractivity contribution in [3.05, 3.63) is 29.6 Å². The predicted molar refractivity (Wildman–Crippen MR) is 57.8 cm³/mol. The third-order valence-corrected chi connectivity index (χ3v) is 3.11. The smallest absolute Gasteiger partial charge is 0.150 e. The molecule has 2 nitrogen and oxygen atoms in total. The average molecular weight is 207 g/mol. The summed E-state index contributed by atoms with van der Waals surface area (Å²) in [5.41, 5.74) is 0.976. The molecule has 1 fully saturated rings. The molecule has 0 N–H and O–H groups in total. The van der Waals surface area contributed by atoms with Crippen LogP contribution in [0, 0.1) is 5.82 Å². The van der Waals surface area contributed by atoms with Crippen molar-refractivity contribution in [3.8, 4) is 0 Å². The Morgan fingerprint density at radius 3 is 2.67 bits per heavy atom. The first-order valence-corrected chi connectivity index (χ1v) is 5.20. The Morgan fingerprint density at radius 1 is 1.47 bits per heavy atom. The standard InChI is InChI=1S/C12H14FNO/c1-14(10-3-2-4-10)12-6-5-9(8-15)7-11(12)13/h5-8,10H,2-4H2,1H3. The van der Waals surface area contributed by atoms with E-state index in [9.17, 15) is 9.18 Å². The zero-order valence-electron chi connectivity index (χ0n) is 8.74. The van der Waals surface area contributed by atoms with Gasteiger partial charge in [-0.1, -0.05) is 0 Å². The van der Waals surface area contributed by atoms with E-state index in [4.69, 9.17) is 0 Å². The van der Waals surface area contributed by atoms with Crippen molar-refractivity contribution in [1.82, 2.24) is 0 Å². The molecule has 2 rings (SSSR count). The van der Waals surface area contributed by atoms with Gasteiger partial charge in [0.1, 0.15) is 12.1 Å². The number of anilines is 1. The second-order valence-electron chi connectivity index (χ2n) is 4.02. The highest BCUT2D eigenvalue weighted by Gasteiger charge is 2.23. The van der Waals surface area contributed by atoms with E-state index in [1.807, 2.05) is 11.9 Å². The predicted octanol–water partition coefficient (Wildman–Crippen LogP) is 2.63. The maximum absolute atomic E-state index is 13.6. The second kappa shape index (κ2) is 4.01. The lowest BCUT2D eigenvalue weighted by molar-refractivity contribution is 0.112. The summed E-state index contributed by atoms with van der Waals surface area (Å²) < 4.78 is 13.6. The molecule has 0 bridgehead atoms. The van der Waals surface area contributed by atoms with Gasteiger partial charge in [0.25, 0.3) is 0 Å². The van der Waals surface area contributed by atoms with Gasteiger partial charge in [-0.3, -0.25) is 4.79 Å². The van der Waals surface area contributed by atoms with Crippen LogP contribution in [0.1, 0.15) is 29.6 Å². The summed E-state index contributed by atoms with van der Waals surface area (Å²) in [6, 6.07) is 5.08. The van der Waals surface area contributed by atoms with Crippen molar-refractivity contribution >= 4 is 12.0 Å². The highest BCUT2D eigenvalue weighted by Crippen LogP contribution is 2.29. The van der Waals surface area contributed by atoms with Gasteiger partial charge in [0.2, 0.25) is 0 Å². The van der Waals surface area contributed by atoms with Gasteiger partial charge in [-0.25, -0.2) is 4.39 Å². The first-order chi connectivity index (χ1) is 7.22. The number of aldehydes is 1. The van der Waals surface area contributed by atoms with Crippen LogP contribution in [-0.2, 0) is 0 Å². The van der Waals surface area contributed by atoms with E-state index in [-0.39, 0.29) is 5.82 Å². The molecule has 0 spiro atoms. The van der Waals surface area contributed by atoms with Gasteiger partial charge in [-0.15, -0.1) is 0 Å². The minimum absolute atomic E-state index is 0.311. The molecule has 0 radical (unpaired) electrons. The maximum atomic E-state index is 13.6. The summed E-state index contributed by atoms with van der Waals surface area (Å²) in [5.74, 6) is -0.311. The molecular formula is C12H14FNO. The SMILES string of the molecule is CN(c1ccc(C=O)cc1F)C1CCC1. The van der Waals surface area contributed by atoms with Crippen molar-refractivity contribution in [1.29, 1.82) is 0 Å². The van der Waals surface area contributed by atoms with Crippen LogP contribution in [-0.4, -0.2) is 19.4 Å². The van der Waals surface area contributed by atoms with E-state index in [0.717, 1.165) is 12.8 Å². The molecular weight excluding hydrogens is 193 g/mol. The molecule has 0 amide bonds. The highest BCUT2D eigenvalue weighted by molar-refractivity contribution is 5.76. The fourth-order valence-corrected chi connectivity index (χ4v) is 1.85. The Balaban J connectivity index is 2.23. The number of carbonyl (C=O) groups is 1. The molecule has 0 aliphatic heterocycles. The van der Waals surface area contributed by atoms with E-state index in [1.54, 1.807) is 12.1 Å². The lowest BCUT2D eigenvalue weighted by atomic mass is 9.91. The third kappa shape index (κ3) is 1.87. The molecule has 1 aliphatic rings. The number of halogens is 1. The van der Waals surface area contributed by atoms with Crippen molar-refractivity contribution in [3.63, 3.8) is 0 Å². The van der Waals surface area contributed by atoms with Crippen LogP contribution in [0.25, 0.3) is 0 Å². The fraction of sp³-hybridized carbons (Fsp3) is 0.417. The van der Waals surface area contributed by atoms with Crippen molar-refractivity contribution in [2.75, 3.05) is 11.9 Å². The molecule has 3 heteroatoms. The summed E-state index contributed by atoms with van der Waals surface area (Å²) in [5, 5.41) is 0. The molecule has 1 saturated carbocycles. The maximum Gasteiger partial charge on any atom is 0.150 e. The Morgan fingerprint density at radius 2 is 2.20 bits per heavy atom. The van der Waals surface area contributed by atoms with Gasteiger partial charge in [-0.05, 0) is 37.5 Å². The van der Waals surface area contributed by atoms with E-state index < -0.39 is 0 Å². The summed E-state index contributed by atoms with van der Waals surface area (Å²) in [6.07, 6.45) is 4.15. The number of hydrogen-bond acceptors (Lipinski definition) is 2. The Hall–Kier alpha value is -1.38. The molecule has 0 heterocycles. The third-order valence-electron chi connectivity index (χ3n) is 3.11. The van der Waals surface area contributed by atoms with Crippen LogP contribution in [0.4, 0.5) is 10.1 Å². The van der Waals surface area contributed by atoms with Gasteiger partial charge >= 0.3 is 0 Å². The zero-order valence-corrected chi connectivity index (χ0v) is 8.74. The largest absolute Gasteiger partial charge is 0.369 e. The molecule has 0 atom stereocenters. The van der Waals surface area contributed by atoms with E-state index in [1.165, 1.54) is 12.5 Å². The molecule has 1 aromatic rings. The lowest BCUT2D eigenvalue weighted by Crippen LogP contribution is -2.37. The van der Waals surface area contributed by atoms with Crippen LogP contribution >= 0.6 is 0 Å². The zero-order chi connectivity index (χ0) is 10.8. The summed E-state index contributed by atoms with van der Waals surface area (Å²) in [7, 11) is 1.91. The minimum atomic E-state index is -0.311. The fourth-order valence-electron chi connectivity index (χ4n) is 1.85. The number of rotatable bonds is 3. The first-order valence-electron chi connectivity index (χ1n) is 5.20. The minimum Gasteiger partial charge on any atom is -0.369 e. The van der Waals surface area contributed by atoms with E-state index in [0.29, 0.717) is 23.6 Å². The normalized spacial score (nSPS) is 15.9. The van der Waals surface area contributed by atoms with Gasteiger partial charge < -0.3 is 4.90 Å². The molecule has 1 aliphatic carbocycles. The van der Waals surface area contributed by atoms with E-state index >= 15 is 0 Å². The lowest BCUT2D eigenvalue weighted by Gasteiger charge is -2.36. The Kier molecular flexibility index (Phi) is 2.71. The van der Waals surface area contributed by atoms with Crippen molar-refractivity contribution in [2.45, 2.75) is 25.3 Å². The molecule has 15 heavy (non-hydrogen) atoms. The van der Waals surface area contributed by atoms with Crippen LogP contribution in [0.5, 0.6) is 0 Å². The number of hydrogen-bond donors (Lipinski definition) is 0. The molecule has 80 valence electrons. The van der Waals surface area contributed by atoms with Crippen LogP contribution in [0.15, 0.2) is 18.2 Å². The average Bonchev–Trinajstić information content (AvgIpc) is 2.14. The van der Waals surface area contributed by atoms with Gasteiger partial charge in [0.15, 0.2) is 0 Å². The Bertz CT molecular complexity index is 374. The number of nitrogens with zero attached hydrogens (tertiary/aromatic N) is 1. The first kappa shape index (κ1) is 10.1. The van der Waals surface area contributed by atoms with Crippen LogP contribution in [0.2, 0.25) is 0 Å². The van der Waals surface area contributed by atoms with E-state index in [2.05, 4.69) is 0 Å². The van der Waals surface area contributed by atoms with Gasteiger partial charge in [-0.2, -0.15) is 0 Å². The number of benzene rings is 1.